The highest BCUT2D eigenvalue weighted by atomic mass is 79.9. The standard InChI is InChI=1S/C31H36BrN3O6S/c1-31(2,3)41-23(36)18-40-26-24(32)27(42-28(26)30(38)39-4)20-9-8-12-22(17-20)34-25(19-13-15-33-16-14-19)29(37)35-21-10-6-5-7-11-21/h5-12,17,19,25,33-34H,13-16,18H2,1-4H3,(H,35,37). The molecule has 224 valence electrons. The average molecular weight is 659 g/mol. The fraction of sp³-hybridized carbons (Fsp3) is 0.387. The summed E-state index contributed by atoms with van der Waals surface area (Å²) in [6.45, 7) is 6.65. The molecule has 1 saturated heterocycles. The summed E-state index contributed by atoms with van der Waals surface area (Å²) in [5.41, 5.74) is 1.63. The van der Waals surface area contributed by atoms with E-state index in [1.165, 1.54) is 18.4 Å². The molecule has 1 aliphatic rings. The first-order valence-corrected chi connectivity index (χ1v) is 15.4. The fourth-order valence-electron chi connectivity index (χ4n) is 4.69. The van der Waals surface area contributed by atoms with Crippen molar-refractivity contribution in [1.82, 2.24) is 5.32 Å². The molecule has 3 N–H and O–H groups in total. The average Bonchev–Trinajstić information content (AvgIpc) is 3.30. The van der Waals surface area contributed by atoms with Gasteiger partial charge in [-0.1, -0.05) is 30.3 Å². The Kier molecular flexibility index (Phi) is 10.6. The first kappa shape index (κ1) is 31.5. The van der Waals surface area contributed by atoms with Gasteiger partial charge in [0.25, 0.3) is 0 Å². The van der Waals surface area contributed by atoms with Crippen LogP contribution in [0.4, 0.5) is 11.4 Å². The first-order chi connectivity index (χ1) is 20.1. The lowest BCUT2D eigenvalue weighted by Crippen LogP contribution is -2.45. The first-order valence-electron chi connectivity index (χ1n) is 13.7. The normalized spacial score (nSPS) is 14.5. The maximum absolute atomic E-state index is 13.5. The van der Waals surface area contributed by atoms with E-state index in [0.717, 1.165) is 42.9 Å². The van der Waals surface area contributed by atoms with Gasteiger partial charge < -0.3 is 30.2 Å². The zero-order chi connectivity index (χ0) is 30.3. The Hall–Kier alpha value is -3.41. The summed E-state index contributed by atoms with van der Waals surface area (Å²) in [6, 6.07) is 16.6. The third-order valence-corrected chi connectivity index (χ3v) is 8.78. The van der Waals surface area contributed by atoms with E-state index in [2.05, 4.69) is 31.9 Å². The molecule has 11 heteroatoms. The lowest BCUT2D eigenvalue weighted by atomic mass is 9.89. The van der Waals surface area contributed by atoms with Gasteiger partial charge in [-0.05, 0) is 98.4 Å². The lowest BCUT2D eigenvalue weighted by molar-refractivity contribution is -0.157. The number of benzene rings is 2. The van der Waals surface area contributed by atoms with Crippen LogP contribution in [0.3, 0.4) is 0 Å². The van der Waals surface area contributed by atoms with E-state index in [-0.39, 0.29) is 29.1 Å². The van der Waals surface area contributed by atoms with Gasteiger partial charge in [0, 0.05) is 11.4 Å². The zero-order valence-corrected chi connectivity index (χ0v) is 26.5. The summed E-state index contributed by atoms with van der Waals surface area (Å²) in [4.78, 5) is 39.3. The van der Waals surface area contributed by atoms with Gasteiger partial charge in [-0.3, -0.25) is 4.79 Å². The highest BCUT2D eigenvalue weighted by molar-refractivity contribution is 9.10. The Bertz CT molecular complexity index is 1400. The minimum absolute atomic E-state index is 0.0957. The van der Waals surface area contributed by atoms with Crippen molar-refractivity contribution in [2.24, 2.45) is 5.92 Å². The molecule has 3 aromatic rings. The predicted molar refractivity (Wildman–Crippen MR) is 168 cm³/mol. The second-order valence-corrected chi connectivity index (χ2v) is 12.7. The summed E-state index contributed by atoms with van der Waals surface area (Å²) in [5.74, 6) is -0.876. The predicted octanol–water partition coefficient (Wildman–Crippen LogP) is 6.10. The molecule has 9 nitrogen and oxygen atoms in total. The quantitative estimate of drug-likeness (QED) is 0.224. The SMILES string of the molecule is COC(=O)c1sc(-c2cccc(NC(C(=O)Nc3ccccc3)C3CCNCC3)c2)c(Br)c1OCC(=O)OC(C)(C)C. The highest BCUT2D eigenvalue weighted by Crippen LogP contribution is 2.46. The number of hydrogen-bond acceptors (Lipinski definition) is 9. The number of halogens is 1. The summed E-state index contributed by atoms with van der Waals surface area (Å²) in [6.07, 6.45) is 1.74. The molecular formula is C31H36BrN3O6S. The zero-order valence-electron chi connectivity index (χ0n) is 24.1. The van der Waals surface area contributed by atoms with E-state index >= 15 is 0 Å². The van der Waals surface area contributed by atoms with Gasteiger partial charge >= 0.3 is 11.9 Å². The molecule has 1 aliphatic heterocycles. The molecule has 0 radical (unpaired) electrons. The Morgan fingerprint density at radius 1 is 1.05 bits per heavy atom. The molecule has 0 aliphatic carbocycles. The number of rotatable bonds is 10. The van der Waals surface area contributed by atoms with Crippen molar-refractivity contribution in [3.05, 3.63) is 63.9 Å². The molecule has 4 rings (SSSR count). The van der Waals surface area contributed by atoms with Gasteiger partial charge in [0.1, 0.15) is 11.6 Å². The van der Waals surface area contributed by atoms with Crippen LogP contribution < -0.4 is 20.7 Å². The molecule has 0 bridgehead atoms. The van der Waals surface area contributed by atoms with Crippen LogP contribution in [0.1, 0.15) is 43.3 Å². The van der Waals surface area contributed by atoms with E-state index in [1.807, 2.05) is 54.6 Å². The number of carbonyl (C=O) groups excluding carboxylic acids is 3. The summed E-state index contributed by atoms with van der Waals surface area (Å²) in [5, 5.41) is 9.90. The van der Waals surface area contributed by atoms with Crippen LogP contribution in [0.15, 0.2) is 59.1 Å². The molecule has 1 atom stereocenters. The Morgan fingerprint density at radius 2 is 1.74 bits per heavy atom. The monoisotopic (exact) mass is 657 g/mol. The van der Waals surface area contributed by atoms with Crippen LogP contribution in [0.2, 0.25) is 0 Å². The van der Waals surface area contributed by atoms with Crippen molar-refractivity contribution < 1.29 is 28.6 Å². The number of hydrogen-bond donors (Lipinski definition) is 3. The molecule has 1 aromatic heterocycles. The number of ether oxygens (including phenoxy) is 3. The number of amides is 1. The van der Waals surface area contributed by atoms with Crippen molar-refractivity contribution in [2.75, 3.05) is 37.4 Å². The van der Waals surface area contributed by atoms with E-state index in [9.17, 15) is 14.4 Å². The third kappa shape index (κ3) is 8.33. The Balaban J connectivity index is 1.60. The number of methoxy groups -OCH3 is 1. The molecule has 0 spiro atoms. The van der Waals surface area contributed by atoms with Crippen molar-refractivity contribution in [1.29, 1.82) is 0 Å². The van der Waals surface area contributed by atoms with E-state index < -0.39 is 23.6 Å². The van der Waals surface area contributed by atoms with E-state index in [4.69, 9.17) is 14.2 Å². The molecule has 1 fully saturated rings. The largest absolute Gasteiger partial charge is 0.479 e. The van der Waals surface area contributed by atoms with Gasteiger partial charge in [0.2, 0.25) is 5.91 Å². The van der Waals surface area contributed by atoms with Crippen LogP contribution in [0.25, 0.3) is 10.4 Å². The second kappa shape index (κ2) is 14.2. The lowest BCUT2D eigenvalue weighted by Gasteiger charge is -2.31. The minimum Gasteiger partial charge on any atom is -0.479 e. The van der Waals surface area contributed by atoms with Crippen LogP contribution in [0.5, 0.6) is 5.75 Å². The number of piperidine rings is 1. The summed E-state index contributed by atoms with van der Waals surface area (Å²) < 4.78 is 16.6. The number of anilines is 2. The molecule has 1 unspecified atom stereocenters. The third-order valence-electron chi connectivity index (χ3n) is 6.56. The van der Waals surface area contributed by atoms with Gasteiger partial charge in [0.15, 0.2) is 17.2 Å². The topological polar surface area (TPSA) is 115 Å². The van der Waals surface area contributed by atoms with Crippen molar-refractivity contribution >= 4 is 56.5 Å². The van der Waals surface area contributed by atoms with Crippen LogP contribution in [-0.4, -0.2) is 56.3 Å². The molecular weight excluding hydrogens is 622 g/mol. The number of esters is 2. The minimum atomic E-state index is -0.667. The number of nitrogens with one attached hydrogen (secondary N) is 3. The van der Waals surface area contributed by atoms with Gasteiger partial charge in [-0.25, -0.2) is 9.59 Å². The van der Waals surface area contributed by atoms with E-state index in [1.54, 1.807) is 20.8 Å². The maximum Gasteiger partial charge on any atom is 0.351 e. The second-order valence-electron chi connectivity index (χ2n) is 10.9. The molecule has 2 heterocycles. The van der Waals surface area contributed by atoms with E-state index in [0.29, 0.717) is 9.35 Å². The molecule has 42 heavy (non-hydrogen) atoms. The fourth-order valence-corrected chi connectivity index (χ4v) is 6.65. The Labute approximate surface area is 258 Å². The summed E-state index contributed by atoms with van der Waals surface area (Å²) >= 11 is 4.77. The number of thiophene rings is 1. The number of para-hydroxylation sites is 1. The van der Waals surface area contributed by atoms with Crippen LogP contribution in [-0.2, 0) is 19.1 Å². The molecule has 0 saturated carbocycles. The molecule has 1 amide bonds. The van der Waals surface area contributed by atoms with Crippen LogP contribution >= 0.6 is 27.3 Å². The summed E-state index contributed by atoms with van der Waals surface area (Å²) in [7, 11) is 1.29. The molecule has 2 aromatic carbocycles. The smallest absolute Gasteiger partial charge is 0.351 e. The Morgan fingerprint density at radius 3 is 2.40 bits per heavy atom. The maximum atomic E-state index is 13.5. The van der Waals surface area contributed by atoms with Crippen molar-refractivity contribution in [3.8, 4) is 16.2 Å². The highest BCUT2D eigenvalue weighted by Gasteiger charge is 2.30. The van der Waals surface area contributed by atoms with Gasteiger partial charge in [-0.15, -0.1) is 11.3 Å². The number of carbonyl (C=O) groups is 3. The van der Waals surface area contributed by atoms with Crippen molar-refractivity contribution in [2.45, 2.75) is 45.3 Å². The van der Waals surface area contributed by atoms with Gasteiger partial charge in [-0.2, -0.15) is 0 Å². The van der Waals surface area contributed by atoms with Crippen LogP contribution in [0, 0.1) is 5.92 Å². The van der Waals surface area contributed by atoms with Crippen molar-refractivity contribution in [3.63, 3.8) is 0 Å². The van der Waals surface area contributed by atoms with Gasteiger partial charge in [0.05, 0.1) is 16.5 Å².